The molecular formula is C29H30ClF3N2O5S. The van der Waals surface area contributed by atoms with Crippen LogP contribution in [0.5, 0.6) is 5.75 Å². The Morgan fingerprint density at radius 1 is 1.05 bits per heavy atom. The number of hydrogen-bond acceptors (Lipinski definition) is 6. The minimum atomic E-state index is -4.70. The van der Waals surface area contributed by atoms with Crippen LogP contribution in [0.3, 0.4) is 0 Å². The summed E-state index contributed by atoms with van der Waals surface area (Å²) in [5.41, 5.74) is 0.991. The lowest BCUT2D eigenvalue weighted by Crippen LogP contribution is -2.35. The van der Waals surface area contributed by atoms with Crippen LogP contribution >= 0.6 is 11.6 Å². The first-order valence-corrected chi connectivity index (χ1v) is 14.9. The van der Waals surface area contributed by atoms with Crippen LogP contribution in [0.25, 0.3) is 11.1 Å². The molecule has 4 rings (SSSR count). The molecule has 1 fully saturated rings. The van der Waals surface area contributed by atoms with E-state index in [-0.39, 0.29) is 17.6 Å². The molecule has 0 atom stereocenters. The Labute approximate surface area is 242 Å². The molecule has 1 heterocycles. The average Bonchev–Trinajstić information content (AvgIpc) is 2.93. The van der Waals surface area contributed by atoms with Gasteiger partial charge in [-0.25, -0.2) is 8.42 Å². The van der Waals surface area contributed by atoms with Crippen LogP contribution in [0.2, 0.25) is 5.02 Å². The zero-order valence-corrected chi connectivity index (χ0v) is 24.1. The van der Waals surface area contributed by atoms with Gasteiger partial charge in [-0.3, -0.25) is 9.52 Å². The quantitative estimate of drug-likeness (QED) is 0.263. The minimum Gasteiger partial charge on any atom is -0.494 e. The fourth-order valence-corrected chi connectivity index (χ4v) is 6.13. The van der Waals surface area contributed by atoms with Crippen LogP contribution in [0, 0.1) is 5.92 Å². The predicted molar refractivity (Wildman–Crippen MR) is 152 cm³/mol. The number of hydrogen-bond donors (Lipinski definition) is 1. The number of carbonyl (C=O) groups excluding carboxylic acids is 1. The normalized spacial score (nSPS) is 14.5. The third-order valence-corrected chi connectivity index (χ3v) is 8.45. The summed E-state index contributed by atoms with van der Waals surface area (Å²) in [5.74, 6) is 0.389. The van der Waals surface area contributed by atoms with Gasteiger partial charge < -0.3 is 14.4 Å². The first kappa shape index (κ1) is 30.5. The van der Waals surface area contributed by atoms with Gasteiger partial charge in [0, 0.05) is 24.5 Å². The summed E-state index contributed by atoms with van der Waals surface area (Å²) >= 11 is 6.30. The van der Waals surface area contributed by atoms with Gasteiger partial charge in [-0.2, -0.15) is 13.2 Å². The van der Waals surface area contributed by atoms with Crippen molar-refractivity contribution < 1.29 is 35.9 Å². The highest BCUT2D eigenvalue weighted by molar-refractivity contribution is 7.92. The van der Waals surface area contributed by atoms with E-state index in [9.17, 15) is 26.4 Å². The van der Waals surface area contributed by atoms with Crippen LogP contribution < -0.4 is 14.4 Å². The van der Waals surface area contributed by atoms with Crippen LogP contribution in [-0.4, -0.2) is 41.2 Å². The molecule has 1 aliphatic heterocycles. The smallest absolute Gasteiger partial charge is 0.416 e. The highest BCUT2D eigenvalue weighted by Crippen LogP contribution is 2.38. The van der Waals surface area contributed by atoms with E-state index < -0.39 is 26.7 Å². The number of alkyl halides is 3. The zero-order chi connectivity index (χ0) is 29.8. The lowest BCUT2D eigenvalue weighted by Gasteiger charge is -2.34. The number of halogens is 4. The Hall–Kier alpha value is -3.44. The van der Waals surface area contributed by atoms with Gasteiger partial charge in [-0.15, -0.1) is 0 Å². The van der Waals surface area contributed by atoms with Gasteiger partial charge in [0.2, 0.25) is 0 Å². The van der Waals surface area contributed by atoms with E-state index in [4.69, 9.17) is 21.1 Å². The number of piperidine rings is 1. The number of carbonyl (C=O) groups is 1. The van der Waals surface area contributed by atoms with E-state index in [0.29, 0.717) is 72.6 Å². The van der Waals surface area contributed by atoms with Crippen molar-refractivity contribution >= 4 is 39.0 Å². The molecule has 3 aromatic carbocycles. The van der Waals surface area contributed by atoms with Crippen LogP contribution in [-0.2, 0) is 25.7 Å². The van der Waals surface area contributed by atoms with E-state index in [1.165, 1.54) is 7.11 Å². The second-order valence-electron chi connectivity index (χ2n) is 9.68. The topological polar surface area (TPSA) is 84.9 Å². The Bertz CT molecular complexity index is 1510. The third-order valence-electron chi connectivity index (χ3n) is 6.87. The lowest BCUT2D eigenvalue weighted by molar-refractivity contribution is -0.142. The van der Waals surface area contributed by atoms with Crippen molar-refractivity contribution in [1.82, 2.24) is 0 Å². The van der Waals surface area contributed by atoms with Crippen LogP contribution in [0.15, 0.2) is 65.6 Å². The number of esters is 1. The highest BCUT2D eigenvalue weighted by atomic mass is 35.5. The molecule has 0 unspecified atom stereocenters. The lowest BCUT2D eigenvalue weighted by atomic mass is 9.93. The standard InChI is InChI=1S/C29H30ClF3N2O5S/c1-3-40-24-15-21(14-23(30)18-24)20-7-8-27(35-11-9-19(10-12-35)13-28(36)39-2)26(16-20)34-41(37,38)25-6-4-5-22(17-25)29(31,32)33/h4-8,14-19,34H,3,9-13H2,1-2H3. The molecule has 220 valence electrons. The van der Waals surface area contributed by atoms with E-state index in [2.05, 4.69) is 4.72 Å². The number of methoxy groups -OCH3 is 1. The third kappa shape index (κ3) is 7.65. The first-order valence-electron chi connectivity index (χ1n) is 13.0. The summed E-state index contributed by atoms with van der Waals surface area (Å²) in [7, 11) is -3.05. The molecule has 3 aromatic rings. The predicted octanol–water partition coefficient (Wildman–Crippen LogP) is 7.00. The molecule has 12 heteroatoms. The Balaban J connectivity index is 1.72. The number of benzene rings is 3. The molecule has 1 saturated heterocycles. The van der Waals surface area contributed by atoms with Gasteiger partial charge in [0.25, 0.3) is 10.0 Å². The van der Waals surface area contributed by atoms with Crippen molar-refractivity contribution in [3.05, 3.63) is 71.2 Å². The number of ether oxygens (including phenoxy) is 2. The summed E-state index contributed by atoms with van der Waals surface area (Å²) in [6, 6.07) is 14.0. The molecule has 0 bridgehead atoms. The van der Waals surface area contributed by atoms with Gasteiger partial charge >= 0.3 is 12.1 Å². The molecule has 0 aromatic heterocycles. The van der Waals surface area contributed by atoms with Crippen molar-refractivity contribution in [2.24, 2.45) is 5.92 Å². The molecule has 0 saturated carbocycles. The second-order valence-corrected chi connectivity index (χ2v) is 11.8. The van der Waals surface area contributed by atoms with Crippen molar-refractivity contribution in [3.63, 3.8) is 0 Å². The summed E-state index contributed by atoms with van der Waals surface area (Å²) in [6.45, 7) is 3.35. The van der Waals surface area contributed by atoms with E-state index in [1.807, 2.05) is 17.9 Å². The van der Waals surface area contributed by atoms with E-state index in [0.717, 1.165) is 18.2 Å². The van der Waals surface area contributed by atoms with Gasteiger partial charge in [-0.1, -0.05) is 23.7 Å². The summed E-state index contributed by atoms with van der Waals surface area (Å²) < 4.78 is 79.6. The minimum absolute atomic E-state index is 0.131. The van der Waals surface area contributed by atoms with Crippen LogP contribution in [0.4, 0.5) is 24.5 Å². The molecular weight excluding hydrogens is 581 g/mol. The first-order chi connectivity index (χ1) is 19.4. The average molecular weight is 611 g/mol. The number of anilines is 2. The van der Waals surface area contributed by atoms with Crippen molar-refractivity contribution in [2.75, 3.05) is 36.4 Å². The maximum atomic E-state index is 13.4. The fourth-order valence-electron chi connectivity index (χ4n) is 4.79. The molecule has 7 nitrogen and oxygen atoms in total. The SMILES string of the molecule is CCOc1cc(Cl)cc(-c2ccc(N3CCC(CC(=O)OC)CC3)c(NS(=O)(=O)c3cccc(C(F)(F)F)c3)c2)c1. The molecule has 0 aliphatic carbocycles. The van der Waals surface area contributed by atoms with Gasteiger partial charge in [0.1, 0.15) is 5.75 Å². The molecule has 0 amide bonds. The maximum Gasteiger partial charge on any atom is 0.416 e. The molecule has 41 heavy (non-hydrogen) atoms. The molecule has 1 aliphatic rings. The highest BCUT2D eigenvalue weighted by Gasteiger charge is 2.32. The second kappa shape index (κ2) is 12.6. The van der Waals surface area contributed by atoms with Crippen molar-refractivity contribution in [2.45, 2.75) is 37.3 Å². The van der Waals surface area contributed by atoms with Crippen LogP contribution in [0.1, 0.15) is 31.7 Å². The van der Waals surface area contributed by atoms with E-state index >= 15 is 0 Å². The summed E-state index contributed by atoms with van der Waals surface area (Å²) in [6.07, 6.45) is -3.03. The number of rotatable bonds is 9. The summed E-state index contributed by atoms with van der Waals surface area (Å²) in [4.78, 5) is 13.2. The summed E-state index contributed by atoms with van der Waals surface area (Å²) in [5, 5.41) is 0.425. The van der Waals surface area contributed by atoms with Crippen molar-refractivity contribution in [3.8, 4) is 16.9 Å². The Morgan fingerprint density at radius 2 is 1.78 bits per heavy atom. The molecule has 1 N–H and O–H groups in total. The van der Waals surface area contributed by atoms with E-state index in [1.54, 1.807) is 30.3 Å². The molecule has 0 spiro atoms. The zero-order valence-electron chi connectivity index (χ0n) is 22.5. The monoisotopic (exact) mass is 610 g/mol. The molecule has 0 radical (unpaired) electrons. The van der Waals surface area contributed by atoms with Crippen molar-refractivity contribution in [1.29, 1.82) is 0 Å². The largest absolute Gasteiger partial charge is 0.494 e. The number of nitrogens with one attached hydrogen (secondary N) is 1. The Morgan fingerprint density at radius 3 is 2.44 bits per heavy atom. The number of sulfonamides is 1. The number of nitrogens with zero attached hydrogens (tertiary/aromatic N) is 1. The van der Waals surface area contributed by atoms with Gasteiger partial charge in [0.05, 0.1) is 35.6 Å². The van der Waals surface area contributed by atoms with Gasteiger partial charge in [-0.05, 0) is 85.3 Å². The fraction of sp³-hybridized carbons (Fsp3) is 0.345. The van der Waals surface area contributed by atoms with Gasteiger partial charge in [0.15, 0.2) is 0 Å². The maximum absolute atomic E-state index is 13.4. The Kier molecular flexibility index (Phi) is 9.38.